The third kappa shape index (κ3) is 4.26. The summed E-state index contributed by atoms with van der Waals surface area (Å²) in [7, 11) is 0. The molecule has 3 rings (SSSR count). The van der Waals surface area contributed by atoms with Crippen molar-refractivity contribution < 1.29 is 4.79 Å². The number of piperazine rings is 1. The number of hydrogen-bond acceptors (Lipinski definition) is 5. The second kappa shape index (κ2) is 7.51. The van der Waals surface area contributed by atoms with Gasteiger partial charge >= 0.3 is 0 Å². The molecule has 1 saturated heterocycles. The molecule has 0 bridgehead atoms. The zero-order chi connectivity index (χ0) is 17.8. The van der Waals surface area contributed by atoms with Crippen molar-refractivity contribution in [2.45, 2.75) is 26.8 Å². The minimum Gasteiger partial charge on any atom is -0.368 e. The van der Waals surface area contributed by atoms with E-state index in [4.69, 9.17) is 0 Å². The maximum Gasteiger partial charge on any atom is 0.272 e. The minimum atomic E-state index is -0.0295. The van der Waals surface area contributed by atoms with Crippen LogP contribution in [-0.2, 0) is 0 Å². The summed E-state index contributed by atoms with van der Waals surface area (Å²) in [5.74, 6) is 0.470. The van der Waals surface area contributed by atoms with Gasteiger partial charge in [0, 0.05) is 44.1 Å². The first kappa shape index (κ1) is 17.2. The van der Waals surface area contributed by atoms with E-state index in [1.807, 2.05) is 18.7 Å². The summed E-state index contributed by atoms with van der Waals surface area (Å²) in [6.07, 6.45) is 1.63. The maximum absolute atomic E-state index is 12.7. The van der Waals surface area contributed by atoms with Crippen molar-refractivity contribution in [1.82, 2.24) is 14.9 Å². The van der Waals surface area contributed by atoms with Gasteiger partial charge in [-0.1, -0.05) is 12.1 Å². The average Bonchev–Trinajstić information content (AvgIpc) is 2.61. The molecule has 0 aliphatic carbocycles. The molecule has 1 fully saturated rings. The van der Waals surface area contributed by atoms with Crippen molar-refractivity contribution >= 4 is 17.5 Å². The molecule has 1 aliphatic rings. The van der Waals surface area contributed by atoms with Crippen molar-refractivity contribution in [1.29, 1.82) is 0 Å². The van der Waals surface area contributed by atoms with E-state index >= 15 is 0 Å². The summed E-state index contributed by atoms with van der Waals surface area (Å²) >= 11 is 0. The molecule has 2 aromatic rings. The number of nitrogens with zero attached hydrogens (tertiary/aromatic N) is 4. The molecule has 2 heterocycles. The first-order valence-corrected chi connectivity index (χ1v) is 8.73. The third-order valence-electron chi connectivity index (χ3n) is 4.23. The van der Waals surface area contributed by atoms with Crippen LogP contribution in [0.25, 0.3) is 0 Å². The first-order chi connectivity index (χ1) is 12.0. The smallest absolute Gasteiger partial charge is 0.272 e. The Balaban J connectivity index is 1.63. The molecule has 25 heavy (non-hydrogen) atoms. The Morgan fingerprint density at radius 1 is 1.16 bits per heavy atom. The summed E-state index contributed by atoms with van der Waals surface area (Å²) in [5, 5.41) is 3.14. The van der Waals surface area contributed by atoms with Gasteiger partial charge in [-0.15, -0.1) is 0 Å². The minimum absolute atomic E-state index is 0.0295. The highest BCUT2D eigenvalue weighted by molar-refractivity contribution is 5.92. The van der Waals surface area contributed by atoms with Crippen LogP contribution in [0.5, 0.6) is 0 Å². The Kier molecular flexibility index (Phi) is 5.16. The SMILES string of the molecule is Cc1cccc(N2CCN(C(=O)c3ccnc(NC(C)C)n3)CC2)c1. The zero-order valence-corrected chi connectivity index (χ0v) is 15.1. The number of aromatic nitrogens is 2. The van der Waals surface area contributed by atoms with E-state index in [0.717, 1.165) is 13.1 Å². The van der Waals surface area contributed by atoms with Gasteiger partial charge in [-0.3, -0.25) is 4.79 Å². The molecule has 132 valence electrons. The summed E-state index contributed by atoms with van der Waals surface area (Å²) < 4.78 is 0. The van der Waals surface area contributed by atoms with Crippen LogP contribution in [0.4, 0.5) is 11.6 Å². The molecule has 0 saturated carbocycles. The standard InChI is InChI=1S/C19H25N5O/c1-14(2)21-19-20-8-7-17(22-19)18(25)24-11-9-23(10-12-24)16-6-4-5-15(3)13-16/h4-8,13-14H,9-12H2,1-3H3,(H,20,21,22). The monoisotopic (exact) mass is 339 g/mol. The lowest BCUT2D eigenvalue weighted by molar-refractivity contribution is 0.0741. The van der Waals surface area contributed by atoms with Crippen LogP contribution in [0.1, 0.15) is 29.9 Å². The average molecular weight is 339 g/mol. The highest BCUT2D eigenvalue weighted by Crippen LogP contribution is 2.18. The lowest BCUT2D eigenvalue weighted by Crippen LogP contribution is -2.49. The second-order valence-corrected chi connectivity index (χ2v) is 6.68. The fourth-order valence-electron chi connectivity index (χ4n) is 2.96. The number of rotatable bonds is 4. The third-order valence-corrected chi connectivity index (χ3v) is 4.23. The molecule has 0 spiro atoms. The van der Waals surface area contributed by atoms with Gasteiger partial charge in [-0.25, -0.2) is 9.97 Å². The van der Waals surface area contributed by atoms with E-state index in [1.54, 1.807) is 12.3 Å². The van der Waals surface area contributed by atoms with Crippen molar-refractivity contribution in [3.05, 3.63) is 47.8 Å². The van der Waals surface area contributed by atoms with Gasteiger partial charge in [-0.05, 0) is 44.5 Å². The lowest BCUT2D eigenvalue weighted by Gasteiger charge is -2.36. The van der Waals surface area contributed by atoms with Gasteiger partial charge < -0.3 is 15.1 Å². The van der Waals surface area contributed by atoms with E-state index in [2.05, 4.69) is 51.4 Å². The number of benzene rings is 1. The predicted molar refractivity (Wildman–Crippen MR) is 100 cm³/mol. The molecular weight excluding hydrogens is 314 g/mol. The van der Waals surface area contributed by atoms with E-state index in [-0.39, 0.29) is 11.9 Å². The van der Waals surface area contributed by atoms with Crippen LogP contribution in [0, 0.1) is 6.92 Å². The van der Waals surface area contributed by atoms with Gasteiger partial charge in [0.1, 0.15) is 5.69 Å². The van der Waals surface area contributed by atoms with E-state index in [9.17, 15) is 4.79 Å². The van der Waals surface area contributed by atoms with E-state index in [1.165, 1.54) is 11.3 Å². The molecule has 1 amide bonds. The Bertz CT molecular complexity index is 738. The molecule has 1 aliphatic heterocycles. The molecule has 6 heteroatoms. The number of aryl methyl sites for hydroxylation is 1. The van der Waals surface area contributed by atoms with Gasteiger partial charge in [0.2, 0.25) is 5.95 Å². The topological polar surface area (TPSA) is 61.4 Å². The molecule has 6 nitrogen and oxygen atoms in total. The Morgan fingerprint density at radius 2 is 1.92 bits per heavy atom. The van der Waals surface area contributed by atoms with Crippen molar-refractivity contribution in [2.24, 2.45) is 0 Å². The van der Waals surface area contributed by atoms with Crippen LogP contribution in [0.15, 0.2) is 36.5 Å². The molecule has 0 unspecified atom stereocenters. The molecule has 0 atom stereocenters. The van der Waals surface area contributed by atoms with E-state index in [0.29, 0.717) is 24.7 Å². The van der Waals surface area contributed by atoms with Crippen LogP contribution >= 0.6 is 0 Å². The molecule has 1 aromatic heterocycles. The largest absolute Gasteiger partial charge is 0.368 e. The number of amides is 1. The van der Waals surface area contributed by atoms with Crippen LogP contribution < -0.4 is 10.2 Å². The summed E-state index contributed by atoms with van der Waals surface area (Å²) in [5.41, 5.74) is 2.92. The van der Waals surface area contributed by atoms with Gasteiger partial charge in [0.15, 0.2) is 0 Å². The molecule has 1 N–H and O–H groups in total. The molecule has 1 aromatic carbocycles. The van der Waals surface area contributed by atoms with Gasteiger partial charge in [0.05, 0.1) is 0 Å². The van der Waals surface area contributed by atoms with E-state index < -0.39 is 0 Å². The Morgan fingerprint density at radius 3 is 2.60 bits per heavy atom. The summed E-state index contributed by atoms with van der Waals surface area (Å²) in [4.78, 5) is 25.4. The van der Waals surface area contributed by atoms with Crippen molar-refractivity contribution in [2.75, 3.05) is 36.4 Å². The molecule has 0 radical (unpaired) electrons. The second-order valence-electron chi connectivity index (χ2n) is 6.68. The maximum atomic E-state index is 12.7. The number of nitrogens with one attached hydrogen (secondary N) is 1. The zero-order valence-electron chi connectivity index (χ0n) is 15.1. The van der Waals surface area contributed by atoms with Gasteiger partial charge in [-0.2, -0.15) is 0 Å². The highest BCUT2D eigenvalue weighted by atomic mass is 16.2. The number of anilines is 2. The number of carbonyl (C=O) groups is 1. The fourth-order valence-corrected chi connectivity index (χ4v) is 2.96. The van der Waals surface area contributed by atoms with Crippen LogP contribution in [0.3, 0.4) is 0 Å². The summed E-state index contributed by atoms with van der Waals surface area (Å²) in [6.45, 7) is 9.19. The molecular formula is C19H25N5O. The quantitative estimate of drug-likeness (QED) is 0.928. The lowest BCUT2D eigenvalue weighted by atomic mass is 10.2. The fraction of sp³-hybridized carbons (Fsp3) is 0.421. The number of hydrogen-bond donors (Lipinski definition) is 1. The van der Waals surface area contributed by atoms with Crippen LogP contribution in [-0.4, -0.2) is 53.0 Å². The summed E-state index contributed by atoms with van der Waals surface area (Å²) in [6, 6.07) is 10.4. The Labute approximate surface area is 148 Å². The van der Waals surface area contributed by atoms with Crippen molar-refractivity contribution in [3.8, 4) is 0 Å². The number of carbonyl (C=O) groups excluding carboxylic acids is 1. The highest BCUT2D eigenvalue weighted by Gasteiger charge is 2.23. The van der Waals surface area contributed by atoms with Crippen LogP contribution in [0.2, 0.25) is 0 Å². The normalized spacial score (nSPS) is 14.7. The Hall–Kier alpha value is -2.63. The van der Waals surface area contributed by atoms with Crippen molar-refractivity contribution in [3.63, 3.8) is 0 Å². The van der Waals surface area contributed by atoms with Gasteiger partial charge in [0.25, 0.3) is 5.91 Å². The predicted octanol–water partition coefficient (Wildman–Crippen LogP) is 2.57. The first-order valence-electron chi connectivity index (χ1n) is 8.73.